The number of anilines is 1. The van der Waals surface area contributed by atoms with Gasteiger partial charge in [0.1, 0.15) is 11.6 Å². The lowest BCUT2D eigenvalue weighted by Gasteiger charge is -2.06. The molecule has 6 nitrogen and oxygen atoms in total. The molecule has 0 fully saturated rings. The number of aromatic amines is 1. The van der Waals surface area contributed by atoms with Crippen LogP contribution in [0.25, 0.3) is 10.9 Å². The van der Waals surface area contributed by atoms with E-state index in [2.05, 4.69) is 15.6 Å². The van der Waals surface area contributed by atoms with Gasteiger partial charge in [0.15, 0.2) is 0 Å². The quantitative estimate of drug-likeness (QED) is 0.433. The maximum Gasteiger partial charge on any atom is 0.313 e. The summed E-state index contributed by atoms with van der Waals surface area (Å²) in [5.74, 6) is -1.82. The van der Waals surface area contributed by atoms with E-state index in [9.17, 15) is 19.1 Å². The van der Waals surface area contributed by atoms with Crippen LogP contribution in [0.4, 0.5) is 10.1 Å². The average molecular weight is 341 g/mol. The van der Waals surface area contributed by atoms with Crippen LogP contribution in [0.5, 0.6) is 5.75 Å². The van der Waals surface area contributed by atoms with E-state index in [4.69, 9.17) is 0 Å². The van der Waals surface area contributed by atoms with Crippen molar-refractivity contribution in [1.29, 1.82) is 0 Å². The van der Waals surface area contributed by atoms with Gasteiger partial charge in [-0.05, 0) is 54.4 Å². The Morgan fingerprint density at radius 2 is 1.84 bits per heavy atom. The Kier molecular flexibility index (Phi) is 4.65. The average Bonchev–Trinajstić information content (AvgIpc) is 2.99. The molecule has 3 rings (SSSR count). The van der Waals surface area contributed by atoms with Gasteiger partial charge in [-0.2, -0.15) is 0 Å². The van der Waals surface area contributed by atoms with Gasteiger partial charge in [-0.1, -0.05) is 0 Å². The molecular formula is C18H16FN3O3. The normalized spacial score (nSPS) is 10.6. The number of amides is 2. The lowest BCUT2D eigenvalue weighted by atomic mass is 10.1. The number of aromatic hydroxyl groups is 1. The van der Waals surface area contributed by atoms with E-state index in [0.717, 1.165) is 16.5 Å². The van der Waals surface area contributed by atoms with Crippen LogP contribution in [-0.4, -0.2) is 28.4 Å². The molecule has 0 spiro atoms. The van der Waals surface area contributed by atoms with Gasteiger partial charge in [0.2, 0.25) is 0 Å². The predicted octanol–water partition coefficient (Wildman–Crippen LogP) is 2.31. The minimum absolute atomic E-state index is 0.0672. The van der Waals surface area contributed by atoms with Crippen molar-refractivity contribution in [3.63, 3.8) is 0 Å². The molecule has 0 aliphatic heterocycles. The Balaban J connectivity index is 1.54. The first-order valence-electron chi connectivity index (χ1n) is 7.66. The molecule has 0 radical (unpaired) electrons. The summed E-state index contributed by atoms with van der Waals surface area (Å²) in [5, 5.41) is 14.9. The predicted molar refractivity (Wildman–Crippen MR) is 91.7 cm³/mol. The summed E-state index contributed by atoms with van der Waals surface area (Å²) in [4.78, 5) is 26.7. The number of hydrogen-bond acceptors (Lipinski definition) is 3. The lowest BCUT2D eigenvalue weighted by molar-refractivity contribution is -0.136. The minimum Gasteiger partial charge on any atom is -0.508 e. The van der Waals surface area contributed by atoms with Crippen LogP contribution in [0.3, 0.4) is 0 Å². The van der Waals surface area contributed by atoms with E-state index in [1.165, 1.54) is 36.4 Å². The zero-order valence-electron chi connectivity index (χ0n) is 13.2. The number of phenols is 1. The molecule has 3 aromatic rings. The SMILES string of the molecule is O=C(NCCc1c[nH]c2ccc(F)cc12)C(=O)Nc1ccc(O)cc1. The highest BCUT2D eigenvalue weighted by atomic mass is 19.1. The zero-order chi connectivity index (χ0) is 17.8. The largest absolute Gasteiger partial charge is 0.508 e. The molecule has 7 heteroatoms. The van der Waals surface area contributed by atoms with Gasteiger partial charge in [0, 0.05) is 29.3 Å². The Bertz CT molecular complexity index is 919. The first kappa shape index (κ1) is 16.5. The van der Waals surface area contributed by atoms with Crippen molar-refractivity contribution in [2.24, 2.45) is 0 Å². The first-order chi connectivity index (χ1) is 12.0. The highest BCUT2D eigenvalue weighted by molar-refractivity contribution is 6.39. The Morgan fingerprint density at radius 1 is 1.08 bits per heavy atom. The molecule has 0 saturated carbocycles. The molecule has 0 atom stereocenters. The number of carbonyl (C=O) groups is 2. The van der Waals surface area contributed by atoms with Crippen LogP contribution in [-0.2, 0) is 16.0 Å². The van der Waals surface area contributed by atoms with Gasteiger partial charge in [-0.25, -0.2) is 4.39 Å². The third kappa shape index (κ3) is 3.95. The van der Waals surface area contributed by atoms with Gasteiger partial charge < -0.3 is 20.7 Å². The second-order valence-corrected chi connectivity index (χ2v) is 5.51. The fourth-order valence-electron chi connectivity index (χ4n) is 2.48. The molecule has 2 aromatic carbocycles. The van der Waals surface area contributed by atoms with Crippen LogP contribution in [0.1, 0.15) is 5.56 Å². The number of H-pyrrole nitrogens is 1. The second kappa shape index (κ2) is 7.04. The van der Waals surface area contributed by atoms with E-state index in [1.54, 1.807) is 12.3 Å². The molecule has 0 saturated heterocycles. The number of hydrogen-bond donors (Lipinski definition) is 4. The second-order valence-electron chi connectivity index (χ2n) is 5.51. The molecule has 0 bridgehead atoms. The number of halogens is 1. The molecule has 0 aliphatic carbocycles. The fourth-order valence-corrected chi connectivity index (χ4v) is 2.48. The highest BCUT2D eigenvalue weighted by Crippen LogP contribution is 2.19. The number of benzene rings is 2. The van der Waals surface area contributed by atoms with Gasteiger partial charge in [0.25, 0.3) is 0 Å². The summed E-state index contributed by atoms with van der Waals surface area (Å²) in [7, 11) is 0. The fraction of sp³-hybridized carbons (Fsp3) is 0.111. The van der Waals surface area contributed by atoms with Crippen molar-refractivity contribution >= 4 is 28.4 Å². The number of rotatable bonds is 4. The van der Waals surface area contributed by atoms with E-state index >= 15 is 0 Å². The number of carbonyl (C=O) groups excluding carboxylic acids is 2. The summed E-state index contributed by atoms with van der Waals surface area (Å²) in [5.41, 5.74) is 2.08. The van der Waals surface area contributed by atoms with Crippen molar-refractivity contribution in [1.82, 2.24) is 10.3 Å². The van der Waals surface area contributed by atoms with Crippen LogP contribution >= 0.6 is 0 Å². The molecule has 1 heterocycles. The lowest BCUT2D eigenvalue weighted by Crippen LogP contribution is -2.36. The smallest absolute Gasteiger partial charge is 0.313 e. The van der Waals surface area contributed by atoms with E-state index in [1.807, 2.05) is 0 Å². The van der Waals surface area contributed by atoms with Crippen molar-refractivity contribution < 1.29 is 19.1 Å². The number of phenolic OH excluding ortho intramolecular Hbond substituents is 1. The molecule has 4 N–H and O–H groups in total. The van der Waals surface area contributed by atoms with Crippen molar-refractivity contribution in [3.8, 4) is 5.75 Å². The Hall–Kier alpha value is -3.35. The number of nitrogens with one attached hydrogen (secondary N) is 3. The summed E-state index contributed by atoms with van der Waals surface area (Å²) >= 11 is 0. The van der Waals surface area contributed by atoms with E-state index in [-0.39, 0.29) is 18.1 Å². The number of fused-ring (bicyclic) bond motifs is 1. The van der Waals surface area contributed by atoms with E-state index in [0.29, 0.717) is 12.1 Å². The molecule has 0 aliphatic rings. The standard InChI is InChI=1S/C18H16FN3O3/c19-12-1-6-16-15(9-12)11(10-21-16)7-8-20-17(24)18(25)22-13-2-4-14(23)5-3-13/h1-6,9-10,21,23H,7-8H2,(H,20,24)(H,22,25). The first-order valence-corrected chi connectivity index (χ1v) is 7.66. The third-order valence-corrected chi connectivity index (χ3v) is 3.74. The van der Waals surface area contributed by atoms with Crippen LogP contribution < -0.4 is 10.6 Å². The zero-order valence-corrected chi connectivity index (χ0v) is 13.2. The third-order valence-electron chi connectivity index (χ3n) is 3.74. The molecule has 1 aromatic heterocycles. The summed E-state index contributed by atoms with van der Waals surface area (Å²) in [6.45, 7) is 0.241. The van der Waals surface area contributed by atoms with E-state index < -0.39 is 11.8 Å². The number of aromatic nitrogens is 1. The molecule has 25 heavy (non-hydrogen) atoms. The monoisotopic (exact) mass is 341 g/mol. The van der Waals surface area contributed by atoms with Gasteiger partial charge in [-0.15, -0.1) is 0 Å². The molecule has 0 unspecified atom stereocenters. The van der Waals surface area contributed by atoms with Crippen LogP contribution in [0, 0.1) is 5.82 Å². The van der Waals surface area contributed by atoms with Crippen LogP contribution in [0.15, 0.2) is 48.7 Å². The van der Waals surface area contributed by atoms with Gasteiger partial charge >= 0.3 is 11.8 Å². The van der Waals surface area contributed by atoms with Gasteiger partial charge in [0.05, 0.1) is 0 Å². The molecule has 2 amide bonds. The van der Waals surface area contributed by atoms with Crippen LogP contribution in [0.2, 0.25) is 0 Å². The maximum absolute atomic E-state index is 13.3. The maximum atomic E-state index is 13.3. The Morgan fingerprint density at radius 3 is 2.60 bits per heavy atom. The highest BCUT2D eigenvalue weighted by Gasteiger charge is 2.13. The molecule has 128 valence electrons. The summed E-state index contributed by atoms with van der Waals surface area (Å²) in [6.07, 6.45) is 2.22. The summed E-state index contributed by atoms with van der Waals surface area (Å²) < 4.78 is 13.3. The Labute approximate surface area is 142 Å². The van der Waals surface area contributed by atoms with Crippen molar-refractivity contribution in [2.75, 3.05) is 11.9 Å². The topological polar surface area (TPSA) is 94.2 Å². The van der Waals surface area contributed by atoms with Crippen molar-refractivity contribution in [3.05, 3.63) is 60.0 Å². The molecular weight excluding hydrogens is 325 g/mol. The van der Waals surface area contributed by atoms with Crippen molar-refractivity contribution in [2.45, 2.75) is 6.42 Å². The minimum atomic E-state index is -0.796. The summed E-state index contributed by atoms with van der Waals surface area (Å²) in [6, 6.07) is 10.2. The van der Waals surface area contributed by atoms with Gasteiger partial charge in [-0.3, -0.25) is 9.59 Å².